The van der Waals surface area contributed by atoms with Crippen molar-refractivity contribution in [1.29, 1.82) is 0 Å². The lowest BCUT2D eigenvalue weighted by atomic mass is 10.0. The molecule has 2 aromatic carbocycles. The Bertz CT molecular complexity index is 582. The molecular formula is C17H18Cl2O2. The molecule has 0 aliphatic carbocycles. The Morgan fingerprint density at radius 3 is 2.43 bits per heavy atom. The molecule has 0 aliphatic heterocycles. The zero-order chi connectivity index (χ0) is 15.2. The molecule has 1 unspecified atom stereocenters. The molecule has 21 heavy (non-hydrogen) atoms. The van der Waals surface area contributed by atoms with Crippen LogP contribution >= 0.6 is 23.2 Å². The van der Waals surface area contributed by atoms with Crippen LogP contribution in [-0.2, 0) is 12.8 Å². The zero-order valence-corrected chi connectivity index (χ0v) is 13.4. The summed E-state index contributed by atoms with van der Waals surface area (Å²) in [6.45, 7) is 0. The van der Waals surface area contributed by atoms with Crippen molar-refractivity contribution in [2.75, 3.05) is 7.11 Å². The minimum Gasteiger partial charge on any atom is -0.497 e. The van der Waals surface area contributed by atoms with Gasteiger partial charge in [-0.15, -0.1) is 0 Å². The van der Waals surface area contributed by atoms with E-state index in [-0.39, 0.29) is 0 Å². The van der Waals surface area contributed by atoms with Crippen LogP contribution in [0.3, 0.4) is 0 Å². The Hall–Kier alpha value is -1.22. The maximum atomic E-state index is 10.1. The van der Waals surface area contributed by atoms with Gasteiger partial charge >= 0.3 is 0 Å². The molecule has 2 aromatic rings. The third-order valence-electron chi connectivity index (χ3n) is 3.40. The van der Waals surface area contributed by atoms with Crippen molar-refractivity contribution in [3.63, 3.8) is 0 Å². The highest BCUT2D eigenvalue weighted by Gasteiger charge is 2.09. The number of halogens is 2. The molecule has 112 valence electrons. The fourth-order valence-corrected chi connectivity index (χ4v) is 2.65. The van der Waals surface area contributed by atoms with Crippen molar-refractivity contribution in [2.45, 2.75) is 25.4 Å². The second kappa shape index (κ2) is 7.69. The molecule has 0 aromatic heterocycles. The second-order valence-electron chi connectivity index (χ2n) is 4.98. The highest BCUT2D eigenvalue weighted by molar-refractivity contribution is 6.35. The van der Waals surface area contributed by atoms with Crippen LogP contribution in [0.4, 0.5) is 0 Å². The number of aliphatic hydroxyl groups excluding tert-OH is 1. The number of ether oxygens (including phenoxy) is 1. The van der Waals surface area contributed by atoms with Gasteiger partial charge in [0.25, 0.3) is 0 Å². The van der Waals surface area contributed by atoms with Crippen LogP contribution in [0.25, 0.3) is 0 Å². The number of hydrogen-bond acceptors (Lipinski definition) is 2. The summed E-state index contributed by atoms with van der Waals surface area (Å²) in [6, 6.07) is 13.2. The Kier molecular flexibility index (Phi) is 5.92. The third kappa shape index (κ3) is 4.92. The van der Waals surface area contributed by atoms with E-state index < -0.39 is 6.10 Å². The normalized spacial score (nSPS) is 12.2. The molecule has 1 N–H and O–H groups in total. The monoisotopic (exact) mass is 324 g/mol. The van der Waals surface area contributed by atoms with Gasteiger partial charge in [0.05, 0.1) is 13.2 Å². The molecule has 1 atom stereocenters. The molecule has 0 spiro atoms. The van der Waals surface area contributed by atoms with E-state index in [1.807, 2.05) is 30.3 Å². The number of methoxy groups -OCH3 is 1. The SMILES string of the molecule is COc1ccc(CCC(O)Cc2ccc(Cl)cc2Cl)cc1. The molecule has 0 saturated carbocycles. The Morgan fingerprint density at radius 1 is 1.10 bits per heavy atom. The summed E-state index contributed by atoms with van der Waals surface area (Å²) < 4.78 is 5.12. The Labute approximate surface area is 135 Å². The van der Waals surface area contributed by atoms with E-state index in [4.69, 9.17) is 27.9 Å². The van der Waals surface area contributed by atoms with Crippen molar-refractivity contribution in [3.05, 3.63) is 63.6 Å². The van der Waals surface area contributed by atoms with Gasteiger partial charge in [-0.1, -0.05) is 41.4 Å². The molecule has 0 bridgehead atoms. The van der Waals surface area contributed by atoms with Crippen LogP contribution in [0.5, 0.6) is 5.75 Å². The predicted molar refractivity (Wildman–Crippen MR) is 87.5 cm³/mol. The number of aryl methyl sites for hydroxylation is 1. The standard InChI is InChI=1S/C17H18Cl2O2/c1-21-16-8-3-12(4-9-16)2-7-15(20)10-13-5-6-14(18)11-17(13)19/h3-6,8-9,11,15,20H,2,7,10H2,1H3. The summed E-state index contributed by atoms with van der Waals surface area (Å²) in [6.07, 6.45) is 1.61. The van der Waals surface area contributed by atoms with Crippen molar-refractivity contribution in [1.82, 2.24) is 0 Å². The molecule has 2 rings (SSSR count). The number of rotatable bonds is 6. The molecule has 0 heterocycles. The quantitative estimate of drug-likeness (QED) is 0.845. The zero-order valence-electron chi connectivity index (χ0n) is 11.9. The molecule has 4 heteroatoms. The first-order valence-electron chi connectivity index (χ1n) is 6.83. The number of aliphatic hydroxyl groups is 1. The first-order chi connectivity index (χ1) is 10.1. The van der Waals surface area contributed by atoms with Crippen molar-refractivity contribution in [2.24, 2.45) is 0 Å². The largest absolute Gasteiger partial charge is 0.497 e. The van der Waals surface area contributed by atoms with E-state index in [0.29, 0.717) is 22.9 Å². The maximum Gasteiger partial charge on any atom is 0.118 e. The van der Waals surface area contributed by atoms with Crippen LogP contribution in [0, 0.1) is 0 Å². The highest BCUT2D eigenvalue weighted by atomic mass is 35.5. The van der Waals surface area contributed by atoms with E-state index in [1.165, 1.54) is 5.56 Å². The van der Waals surface area contributed by atoms with Crippen molar-refractivity contribution in [3.8, 4) is 5.75 Å². The van der Waals surface area contributed by atoms with E-state index >= 15 is 0 Å². The van der Waals surface area contributed by atoms with Crippen LogP contribution in [0.1, 0.15) is 17.5 Å². The lowest BCUT2D eigenvalue weighted by Gasteiger charge is -2.12. The highest BCUT2D eigenvalue weighted by Crippen LogP contribution is 2.23. The Balaban J connectivity index is 1.87. The lowest BCUT2D eigenvalue weighted by molar-refractivity contribution is 0.165. The van der Waals surface area contributed by atoms with Crippen LogP contribution in [0.15, 0.2) is 42.5 Å². The smallest absolute Gasteiger partial charge is 0.118 e. The first-order valence-corrected chi connectivity index (χ1v) is 7.59. The lowest BCUT2D eigenvalue weighted by Crippen LogP contribution is -2.12. The molecule has 0 radical (unpaired) electrons. The second-order valence-corrected chi connectivity index (χ2v) is 5.82. The minimum atomic E-state index is -0.425. The summed E-state index contributed by atoms with van der Waals surface area (Å²) in [5.74, 6) is 0.840. The van der Waals surface area contributed by atoms with Gasteiger partial charge in [-0.25, -0.2) is 0 Å². The van der Waals surface area contributed by atoms with E-state index in [2.05, 4.69) is 0 Å². The summed E-state index contributed by atoms with van der Waals surface area (Å²) in [4.78, 5) is 0. The number of hydrogen-bond donors (Lipinski definition) is 1. The predicted octanol–water partition coefficient (Wildman–Crippen LogP) is 4.54. The topological polar surface area (TPSA) is 29.5 Å². The molecule has 0 aliphatic rings. The van der Waals surface area contributed by atoms with E-state index in [0.717, 1.165) is 17.7 Å². The molecular weight excluding hydrogens is 307 g/mol. The first kappa shape index (κ1) is 16.2. The van der Waals surface area contributed by atoms with E-state index in [9.17, 15) is 5.11 Å². The fraction of sp³-hybridized carbons (Fsp3) is 0.294. The van der Waals surface area contributed by atoms with Crippen molar-refractivity contribution >= 4 is 23.2 Å². The molecule has 0 amide bonds. The fourth-order valence-electron chi connectivity index (χ4n) is 2.17. The van der Waals surface area contributed by atoms with E-state index in [1.54, 1.807) is 19.2 Å². The summed E-state index contributed by atoms with van der Waals surface area (Å²) in [5, 5.41) is 11.4. The van der Waals surface area contributed by atoms with Crippen molar-refractivity contribution < 1.29 is 9.84 Å². The Morgan fingerprint density at radius 2 is 1.81 bits per heavy atom. The van der Waals surface area contributed by atoms with Gasteiger partial charge in [0.2, 0.25) is 0 Å². The average molecular weight is 325 g/mol. The number of benzene rings is 2. The molecule has 0 saturated heterocycles. The van der Waals surface area contributed by atoms with Crippen LogP contribution in [-0.4, -0.2) is 18.3 Å². The van der Waals surface area contributed by atoms with Crippen LogP contribution in [0.2, 0.25) is 10.0 Å². The van der Waals surface area contributed by atoms with Gasteiger partial charge in [0.1, 0.15) is 5.75 Å². The summed E-state index contributed by atoms with van der Waals surface area (Å²) in [7, 11) is 1.65. The average Bonchev–Trinajstić information content (AvgIpc) is 2.48. The van der Waals surface area contributed by atoms with Gasteiger partial charge in [-0.3, -0.25) is 0 Å². The van der Waals surface area contributed by atoms with Gasteiger partial charge in [-0.05, 0) is 54.7 Å². The summed E-state index contributed by atoms with van der Waals surface area (Å²) in [5.41, 5.74) is 2.10. The molecule has 2 nitrogen and oxygen atoms in total. The van der Waals surface area contributed by atoms with Gasteiger partial charge in [0.15, 0.2) is 0 Å². The maximum absolute atomic E-state index is 10.1. The van der Waals surface area contributed by atoms with Gasteiger partial charge in [0, 0.05) is 10.0 Å². The summed E-state index contributed by atoms with van der Waals surface area (Å²) >= 11 is 12.0. The van der Waals surface area contributed by atoms with Crippen LogP contribution < -0.4 is 4.74 Å². The minimum absolute atomic E-state index is 0.425. The van der Waals surface area contributed by atoms with Gasteiger partial charge < -0.3 is 9.84 Å². The third-order valence-corrected chi connectivity index (χ3v) is 3.98. The van der Waals surface area contributed by atoms with Gasteiger partial charge in [-0.2, -0.15) is 0 Å². The molecule has 0 fully saturated rings.